The summed E-state index contributed by atoms with van der Waals surface area (Å²) in [5, 5.41) is 3.27. The number of Topliss-reactive ketones (excluding diaryl/α,β-unsaturated/α-hetero) is 1. The number of ether oxygens (including phenoxy) is 2. The van der Waals surface area contributed by atoms with Crippen molar-refractivity contribution in [2.45, 2.75) is 31.6 Å². The first-order valence-corrected chi connectivity index (χ1v) is 10.1. The first-order chi connectivity index (χ1) is 14.9. The van der Waals surface area contributed by atoms with Gasteiger partial charge in [-0.3, -0.25) is 4.79 Å². The summed E-state index contributed by atoms with van der Waals surface area (Å²) in [6.07, 6.45) is 0.928. The maximum Gasteiger partial charge on any atom is 0.336 e. The molecule has 0 unspecified atom stereocenters. The number of esters is 1. The van der Waals surface area contributed by atoms with Gasteiger partial charge in [-0.05, 0) is 54.7 Å². The predicted octanol–water partition coefficient (Wildman–Crippen LogP) is 4.37. The summed E-state index contributed by atoms with van der Waals surface area (Å²) in [5.74, 6) is -0.906. The van der Waals surface area contributed by atoms with Crippen molar-refractivity contribution in [3.05, 3.63) is 88.0 Å². The molecule has 1 aliphatic carbocycles. The Hall–Kier alpha value is -3.41. The van der Waals surface area contributed by atoms with Crippen molar-refractivity contribution in [1.82, 2.24) is 5.32 Å². The number of hydrogen-bond donors (Lipinski definition) is 1. The van der Waals surface area contributed by atoms with Crippen LogP contribution in [0.2, 0.25) is 0 Å². The fraction of sp³-hybridized carbons (Fsp3) is 0.280. The Bertz CT molecular complexity index is 1100. The number of ketones is 1. The van der Waals surface area contributed by atoms with Crippen molar-refractivity contribution in [1.29, 1.82) is 0 Å². The van der Waals surface area contributed by atoms with E-state index in [-0.39, 0.29) is 11.7 Å². The zero-order chi connectivity index (χ0) is 22.1. The summed E-state index contributed by atoms with van der Waals surface area (Å²) in [6.45, 7) is 1.78. The molecular formula is C25H24FNO4. The molecule has 0 radical (unpaired) electrons. The zero-order valence-corrected chi connectivity index (χ0v) is 17.7. The second-order valence-electron chi connectivity index (χ2n) is 7.84. The summed E-state index contributed by atoms with van der Waals surface area (Å²) in [4.78, 5) is 26.0. The lowest BCUT2D eigenvalue weighted by molar-refractivity contribution is -0.136. The number of carbonyl (C=O) groups excluding carboxylic acids is 2. The first-order valence-electron chi connectivity index (χ1n) is 10.1. The van der Waals surface area contributed by atoms with Crippen LogP contribution in [-0.2, 0) is 14.3 Å². The number of carbonyl (C=O) groups is 2. The fourth-order valence-corrected chi connectivity index (χ4v) is 4.55. The topological polar surface area (TPSA) is 64.6 Å². The van der Waals surface area contributed by atoms with Gasteiger partial charge in [0, 0.05) is 29.3 Å². The molecule has 2 aromatic carbocycles. The van der Waals surface area contributed by atoms with Crippen molar-refractivity contribution in [3.8, 4) is 5.75 Å². The van der Waals surface area contributed by atoms with Crippen molar-refractivity contribution < 1.29 is 23.5 Å². The molecule has 1 aliphatic heterocycles. The van der Waals surface area contributed by atoms with Gasteiger partial charge in [-0.2, -0.15) is 0 Å². The predicted molar refractivity (Wildman–Crippen MR) is 114 cm³/mol. The van der Waals surface area contributed by atoms with Gasteiger partial charge < -0.3 is 14.8 Å². The van der Waals surface area contributed by atoms with E-state index in [1.54, 1.807) is 26.2 Å². The van der Waals surface area contributed by atoms with Gasteiger partial charge in [0.1, 0.15) is 11.6 Å². The van der Waals surface area contributed by atoms with Gasteiger partial charge in [-0.25, -0.2) is 9.18 Å². The van der Waals surface area contributed by atoms with E-state index < -0.39 is 17.7 Å². The summed E-state index contributed by atoms with van der Waals surface area (Å²) < 4.78 is 24.3. The minimum absolute atomic E-state index is 0.00490. The molecule has 1 heterocycles. The molecule has 0 aromatic heterocycles. The molecule has 0 amide bonds. The molecule has 0 fully saturated rings. The molecule has 0 spiro atoms. The Labute approximate surface area is 180 Å². The number of benzene rings is 2. The van der Waals surface area contributed by atoms with E-state index >= 15 is 0 Å². The number of methoxy groups -OCH3 is 2. The summed E-state index contributed by atoms with van der Waals surface area (Å²) in [6, 6.07) is 13.8. The number of nitrogens with one attached hydrogen (secondary N) is 1. The van der Waals surface area contributed by atoms with Gasteiger partial charge in [0.15, 0.2) is 5.78 Å². The van der Waals surface area contributed by atoms with Crippen LogP contribution >= 0.6 is 0 Å². The van der Waals surface area contributed by atoms with Crippen molar-refractivity contribution in [3.63, 3.8) is 0 Å². The Morgan fingerprint density at radius 1 is 1.06 bits per heavy atom. The fourth-order valence-electron chi connectivity index (χ4n) is 4.55. The van der Waals surface area contributed by atoms with Crippen LogP contribution in [0.15, 0.2) is 71.1 Å². The van der Waals surface area contributed by atoms with E-state index in [0.29, 0.717) is 35.2 Å². The standard InChI is InChI=1S/C25H24FNO4/c1-14-22(25(29)31-3)23(16-5-4-6-18(26)11-16)24-20(27-14)12-17(13-21(24)28)15-7-9-19(30-2)10-8-15/h4-11,17,23,27H,12-13H2,1-3H3/t17-,23+/m1/s1. The van der Waals surface area contributed by atoms with Crippen LogP contribution in [0.4, 0.5) is 4.39 Å². The quantitative estimate of drug-likeness (QED) is 0.743. The van der Waals surface area contributed by atoms with Crippen molar-refractivity contribution in [2.24, 2.45) is 0 Å². The Morgan fingerprint density at radius 3 is 2.45 bits per heavy atom. The monoisotopic (exact) mass is 421 g/mol. The number of allylic oxidation sites excluding steroid dienone is 3. The molecule has 5 nitrogen and oxygen atoms in total. The highest BCUT2D eigenvalue weighted by molar-refractivity contribution is 6.04. The summed E-state index contributed by atoms with van der Waals surface area (Å²) in [7, 11) is 2.92. The number of halogens is 1. The minimum atomic E-state index is -0.663. The summed E-state index contributed by atoms with van der Waals surface area (Å²) in [5.41, 5.74) is 3.85. The molecule has 6 heteroatoms. The molecule has 0 bridgehead atoms. The SMILES string of the molecule is COC(=O)C1=C(C)NC2=C(C(=O)C[C@H](c3ccc(OC)cc3)C2)[C@H]1c1cccc(F)c1. The molecule has 2 aromatic rings. The van der Waals surface area contributed by atoms with E-state index in [4.69, 9.17) is 9.47 Å². The molecule has 2 aliphatic rings. The molecule has 0 saturated carbocycles. The van der Waals surface area contributed by atoms with Crippen LogP contribution < -0.4 is 10.1 Å². The zero-order valence-electron chi connectivity index (χ0n) is 17.7. The largest absolute Gasteiger partial charge is 0.497 e. The average molecular weight is 421 g/mol. The van der Waals surface area contributed by atoms with Gasteiger partial charge in [0.25, 0.3) is 0 Å². The first kappa shape index (κ1) is 20.8. The molecule has 4 rings (SSSR count). The molecular weight excluding hydrogens is 397 g/mol. The maximum atomic E-state index is 14.0. The highest BCUT2D eigenvalue weighted by Crippen LogP contribution is 2.45. The Kier molecular flexibility index (Phi) is 5.63. The smallest absolute Gasteiger partial charge is 0.336 e. The minimum Gasteiger partial charge on any atom is -0.497 e. The van der Waals surface area contributed by atoms with E-state index in [9.17, 15) is 14.0 Å². The lowest BCUT2D eigenvalue weighted by Crippen LogP contribution is -2.36. The lowest BCUT2D eigenvalue weighted by Gasteiger charge is -2.36. The van der Waals surface area contributed by atoms with Crippen LogP contribution in [0.5, 0.6) is 5.75 Å². The third-order valence-electron chi connectivity index (χ3n) is 6.00. The molecule has 2 atom stereocenters. The highest BCUT2D eigenvalue weighted by Gasteiger charge is 2.41. The van der Waals surface area contributed by atoms with Gasteiger partial charge in [0.2, 0.25) is 0 Å². The van der Waals surface area contributed by atoms with Gasteiger partial charge in [0.05, 0.1) is 19.8 Å². The summed E-state index contributed by atoms with van der Waals surface area (Å²) >= 11 is 0. The van der Waals surface area contributed by atoms with Gasteiger partial charge >= 0.3 is 5.97 Å². The van der Waals surface area contributed by atoms with Gasteiger partial charge in [-0.15, -0.1) is 0 Å². The molecule has 0 saturated heterocycles. The Morgan fingerprint density at radius 2 is 1.81 bits per heavy atom. The van der Waals surface area contributed by atoms with E-state index in [2.05, 4.69) is 5.32 Å². The third-order valence-corrected chi connectivity index (χ3v) is 6.00. The molecule has 160 valence electrons. The van der Waals surface area contributed by atoms with Crippen molar-refractivity contribution >= 4 is 11.8 Å². The average Bonchev–Trinajstić information content (AvgIpc) is 2.77. The van der Waals surface area contributed by atoms with Crippen LogP contribution in [0.25, 0.3) is 0 Å². The number of dihydropyridines is 1. The number of rotatable bonds is 4. The van der Waals surface area contributed by atoms with Crippen LogP contribution in [0, 0.1) is 5.82 Å². The van der Waals surface area contributed by atoms with Crippen molar-refractivity contribution in [2.75, 3.05) is 14.2 Å². The van der Waals surface area contributed by atoms with E-state index in [0.717, 1.165) is 17.0 Å². The lowest BCUT2D eigenvalue weighted by atomic mass is 9.71. The molecule has 1 N–H and O–H groups in total. The van der Waals surface area contributed by atoms with Crippen LogP contribution in [-0.4, -0.2) is 26.0 Å². The normalized spacial score (nSPS) is 20.8. The van der Waals surface area contributed by atoms with E-state index in [1.165, 1.54) is 19.2 Å². The highest BCUT2D eigenvalue weighted by atomic mass is 19.1. The maximum absolute atomic E-state index is 14.0. The second kappa shape index (κ2) is 8.38. The van der Waals surface area contributed by atoms with E-state index in [1.807, 2.05) is 24.3 Å². The van der Waals surface area contributed by atoms with Crippen LogP contribution in [0.3, 0.4) is 0 Å². The van der Waals surface area contributed by atoms with Gasteiger partial charge in [-0.1, -0.05) is 24.3 Å². The second-order valence-corrected chi connectivity index (χ2v) is 7.84. The Balaban J connectivity index is 1.78. The molecule has 31 heavy (non-hydrogen) atoms. The van der Waals surface area contributed by atoms with Crippen LogP contribution in [0.1, 0.15) is 42.7 Å². The number of hydrogen-bond acceptors (Lipinski definition) is 5. The third kappa shape index (κ3) is 3.85.